The van der Waals surface area contributed by atoms with Gasteiger partial charge in [-0.1, -0.05) is 12.1 Å². The fourth-order valence-electron chi connectivity index (χ4n) is 1.98. The summed E-state index contributed by atoms with van der Waals surface area (Å²) in [4.78, 5) is 12.4. The van der Waals surface area contributed by atoms with Gasteiger partial charge in [-0.15, -0.1) is 0 Å². The van der Waals surface area contributed by atoms with E-state index < -0.39 is 0 Å². The maximum atomic E-state index is 12.4. The lowest BCUT2D eigenvalue weighted by atomic mass is 10.2. The second-order valence-electron chi connectivity index (χ2n) is 4.46. The van der Waals surface area contributed by atoms with Crippen LogP contribution in [0.2, 0.25) is 0 Å². The van der Waals surface area contributed by atoms with Gasteiger partial charge in [-0.3, -0.25) is 4.79 Å². The average molecular weight is 411 g/mol. The number of halogens is 1. The van der Waals surface area contributed by atoms with E-state index in [1.807, 2.05) is 38.1 Å². The molecule has 0 spiro atoms. The highest BCUT2D eigenvalue weighted by Crippen LogP contribution is 2.30. The van der Waals surface area contributed by atoms with E-state index in [1.54, 1.807) is 18.2 Å². The van der Waals surface area contributed by atoms with Crippen LogP contribution < -0.4 is 14.8 Å². The minimum Gasteiger partial charge on any atom is -0.494 e. The number of benzene rings is 2. The fourth-order valence-corrected chi connectivity index (χ4v) is 2.61. The topological polar surface area (TPSA) is 47.6 Å². The number of hydrogen-bond acceptors (Lipinski definition) is 3. The Hall–Kier alpha value is -1.76. The number of amides is 1. The molecule has 2 aromatic carbocycles. The van der Waals surface area contributed by atoms with Crippen LogP contribution >= 0.6 is 22.6 Å². The summed E-state index contributed by atoms with van der Waals surface area (Å²) in [6.45, 7) is 4.92. The standard InChI is InChI=1S/C17H18INO3/c1-3-21-12-9-10-16(22-4-2)15(11-12)19-17(20)13-7-5-6-8-14(13)18/h5-11H,3-4H2,1-2H3,(H,19,20). The highest BCUT2D eigenvalue weighted by molar-refractivity contribution is 14.1. The maximum absolute atomic E-state index is 12.4. The molecule has 5 heteroatoms. The lowest BCUT2D eigenvalue weighted by Crippen LogP contribution is -2.14. The van der Waals surface area contributed by atoms with Gasteiger partial charge < -0.3 is 14.8 Å². The van der Waals surface area contributed by atoms with Crippen molar-refractivity contribution in [2.75, 3.05) is 18.5 Å². The van der Waals surface area contributed by atoms with Crippen molar-refractivity contribution < 1.29 is 14.3 Å². The van der Waals surface area contributed by atoms with Gasteiger partial charge >= 0.3 is 0 Å². The van der Waals surface area contributed by atoms with Crippen LogP contribution in [0.25, 0.3) is 0 Å². The van der Waals surface area contributed by atoms with E-state index in [9.17, 15) is 4.79 Å². The molecule has 1 amide bonds. The smallest absolute Gasteiger partial charge is 0.256 e. The summed E-state index contributed by atoms with van der Waals surface area (Å²) < 4.78 is 11.9. The van der Waals surface area contributed by atoms with Crippen LogP contribution in [0.4, 0.5) is 5.69 Å². The van der Waals surface area contributed by atoms with Gasteiger partial charge in [-0.2, -0.15) is 0 Å². The quantitative estimate of drug-likeness (QED) is 0.720. The van der Waals surface area contributed by atoms with Crippen molar-refractivity contribution in [3.05, 3.63) is 51.6 Å². The molecule has 0 radical (unpaired) electrons. The second-order valence-corrected chi connectivity index (χ2v) is 5.62. The molecule has 0 aliphatic rings. The SMILES string of the molecule is CCOc1ccc(OCC)c(NC(=O)c2ccccc2I)c1. The highest BCUT2D eigenvalue weighted by Gasteiger charge is 2.13. The van der Waals surface area contributed by atoms with Crippen molar-refractivity contribution in [2.45, 2.75) is 13.8 Å². The van der Waals surface area contributed by atoms with E-state index in [2.05, 4.69) is 27.9 Å². The van der Waals surface area contributed by atoms with Crippen molar-refractivity contribution in [3.63, 3.8) is 0 Å². The third-order valence-electron chi connectivity index (χ3n) is 2.93. The number of rotatable bonds is 6. The minimum atomic E-state index is -0.167. The summed E-state index contributed by atoms with van der Waals surface area (Å²) in [6, 6.07) is 12.9. The fraction of sp³-hybridized carbons (Fsp3) is 0.235. The van der Waals surface area contributed by atoms with Crippen LogP contribution in [0.5, 0.6) is 11.5 Å². The summed E-state index contributed by atoms with van der Waals surface area (Å²) in [5.74, 6) is 1.16. The number of anilines is 1. The Labute approximate surface area is 144 Å². The zero-order chi connectivity index (χ0) is 15.9. The van der Waals surface area contributed by atoms with Crippen LogP contribution in [0.1, 0.15) is 24.2 Å². The summed E-state index contributed by atoms with van der Waals surface area (Å²) >= 11 is 2.15. The number of carbonyl (C=O) groups excluding carboxylic acids is 1. The summed E-state index contributed by atoms with van der Waals surface area (Å²) in [6.07, 6.45) is 0. The van der Waals surface area contributed by atoms with Gasteiger partial charge in [0, 0.05) is 9.64 Å². The molecule has 0 aliphatic carbocycles. The maximum Gasteiger partial charge on any atom is 0.256 e. The van der Waals surface area contributed by atoms with Crippen molar-refractivity contribution in [1.29, 1.82) is 0 Å². The summed E-state index contributed by atoms with van der Waals surface area (Å²) in [7, 11) is 0. The van der Waals surface area contributed by atoms with Crippen molar-refractivity contribution in [2.24, 2.45) is 0 Å². The van der Waals surface area contributed by atoms with Crippen LogP contribution in [0.3, 0.4) is 0 Å². The Morgan fingerprint density at radius 1 is 1.09 bits per heavy atom. The van der Waals surface area contributed by atoms with E-state index in [0.717, 1.165) is 3.57 Å². The van der Waals surface area contributed by atoms with Gasteiger partial charge in [-0.25, -0.2) is 0 Å². The molecular weight excluding hydrogens is 393 g/mol. The van der Waals surface area contributed by atoms with Crippen LogP contribution in [0, 0.1) is 3.57 Å². The summed E-state index contributed by atoms with van der Waals surface area (Å²) in [5.41, 5.74) is 1.24. The summed E-state index contributed by atoms with van der Waals surface area (Å²) in [5, 5.41) is 2.90. The van der Waals surface area contributed by atoms with Gasteiger partial charge in [0.25, 0.3) is 5.91 Å². The average Bonchev–Trinajstić information content (AvgIpc) is 2.50. The van der Waals surface area contributed by atoms with E-state index in [-0.39, 0.29) is 5.91 Å². The molecule has 2 rings (SSSR count). The molecule has 0 heterocycles. The Morgan fingerprint density at radius 2 is 1.82 bits per heavy atom. The van der Waals surface area contributed by atoms with Crippen LogP contribution in [-0.2, 0) is 0 Å². The lowest BCUT2D eigenvalue weighted by Gasteiger charge is -2.14. The zero-order valence-corrected chi connectivity index (χ0v) is 14.7. The molecule has 0 atom stereocenters. The predicted molar refractivity (Wildman–Crippen MR) is 95.9 cm³/mol. The van der Waals surface area contributed by atoms with Crippen molar-refractivity contribution in [3.8, 4) is 11.5 Å². The molecule has 22 heavy (non-hydrogen) atoms. The molecule has 0 fully saturated rings. The number of ether oxygens (including phenoxy) is 2. The number of hydrogen-bond donors (Lipinski definition) is 1. The van der Waals surface area contributed by atoms with Crippen LogP contribution in [0.15, 0.2) is 42.5 Å². The number of carbonyl (C=O) groups is 1. The first kappa shape index (κ1) is 16.6. The molecule has 0 saturated carbocycles. The minimum absolute atomic E-state index is 0.167. The first-order chi connectivity index (χ1) is 10.7. The number of nitrogens with one attached hydrogen (secondary N) is 1. The van der Waals surface area contributed by atoms with Crippen molar-refractivity contribution >= 4 is 34.2 Å². The molecule has 0 unspecified atom stereocenters. The van der Waals surface area contributed by atoms with Gasteiger partial charge in [0.2, 0.25) is 0 Å². The zero-order valence-electron chi connectivity index (χ0n) is 12.6. The van der Waals surface area contributed by atoms with E-state index >= 15 is 0 Å². The highest BCUT2D eigenvalue weighted by atomic mass is 127. The largest absolute Gasteiger partial charge is 0.494 e. The monoisotopic (exact) mass is 411 g/mol. The molecule has 0 aliphatic heterocycles. The van der Waals surface area contributed by atoms with E-state index in [1.165, 1.54) is 0 Å². The molecule has 1 N–H and O–H groups in total. The molecule has 4 nitrogen and oxygen atoms in total. The first-order valence-corrected chi connectivity index (χ1v) is 8.19. The molecular formula is C17H18INO3. The molecule has 116 valence electrons. The van der Waals surface area contributed by atoms with E-state index in [0.29, 0.717) is 36.0 Å². The van der Waals surface area contributed by atoms with Gasteiger partial charge in [-0.05, 0) is 60.7 Å². The Kier molecular flexibility index (Phi) is 6.06. The molecule has 0 aromatic heterocycles. The normalized spacial score (nSPS) is 10.1. The first-order valence-electron chi connectivity index (χ1n) is 7.11. The predicted octanol–water partition coefficient (Wildman–Crippen LogP) is 4.34. The Morgan fingerprint density at radius 3 is 2.50 bits per heavy atom. The third kappa shape index (κ3) is 4.13. The lowest BCUT2D eigenvalue weighted by molar-refractivity contribution is 0.102. The third-order valence-corrected chi connectivity index (χ3v) is 3.87. The van der Waals surface area contributed by atoms with Gasteiger partial charge in [0.1, 0.15) is 11.5 Å². The molecule has 0 bridgehead atoms. The van der Waals surface area contributed by atoms with Gasteiger partial charge in [0.05, 0.1) is 24.5 Å². The Bertz CT molecular complexity index is 658. The molecule has 2 aromatic rings. The molecule has 0 saturated heterocycles. The second kappa shape index (κ2) is 8.03. The van der Waals surface area contributed by atoms with Crippen LogP contribution in [-0.4, -0.2) is 19.1 Å². The Balaban J connectivity index is 2.28. The van der Waals surface area contributed by atoms with E-state index in [4.69, 9.17) is 9.47 Å². The van der Waals surface area contributed by atoms with Gasteiger partial charge in [0.15, 0.2) is 0 Å². The van der Waals surface area contributed by atoms with Crippen molar-refractivity contribution in [1.82, 2.24) is 0 Å².